The van der Waals surface area contributed by atoms with Gasteiger partial charge in [0, 0.05) is 16.6 Å². The summed E-state index contributed by atoms with van der Waals surface area (Å²) in [6.07, 6.45) is 6.30. The number of benzene rings is 1. The molecule has 1 heterocycles. The van der Waals surface area contributed by atoms with E-state index >= 15 is 0 Å². The van der Waals surface area contributed by atoms with Crippen LogP contribution < -0.4 is 0 Å². The van der Waals surface area contributed by atoms with Crippen molar-refractivity contribution in [2.45, 2.75) is 18.8 Å². The summed E-state index contributed by atoms with van der Waals surface area (Å²) in [5.74, 6) is 0.636. The molecule has 1 saturated carbocycles. The van der Waals surface area contributed by atoms with Crippen LogP contribution >= 0.6 is 15.9 Å². The maximum absolute atomic E-state index is 9.13. The molecule has 0 spiro atoms. The average Bonchev–Trinajstić information content (AvgIpc) is 3.08. The molecule has 0 unspecified atom stereocenters. The number of nitrogens with zero attached hydrogens (tertiary/aromatic N) is 3. The Hall–Kier alpha value is -1.60. The van der Waals surface area contributed by atoms with E-state index in [2.05, 4.69) is 27.0 Å². The molecule has 4 heteroatoms. The van der Waals surface area contributed by atoms with Crippen LogP contribution in [0, 0.1) is 11.3 Å². The van der Waals surface area contributed by atoms with E-state index in [-0.39, 0.29) is 0 Å². The Labute approximate surface area is 108 Å². The lowest BCUT2D eigenvalue weighted by atomic mass is 10.2. The normalized spacial score (nSPS) is 14.6. The van der Waals surface area contributed by atoms with Gasteiger partial charge in [0.25, 0.3) is 0 Å². The maximum atomic E-state index is 9.13. The van der Waals surface area contributed by atoms with Crippen LogP contribution in [0.1, 0.15) is 30.0 Å². The van der Waals surface area contributed by atoms with Gasteiger partial charge in [-0.25, -0.2) is 4.98 Å². The summed E-state index contributed by atoms with van der Waals surface area (Å²) < 4.78 is 2.85. The Kier molecular flexibility index (Phi) is 2.49. The molecular weight excluding hydrogens is 278 g/mol. The van der Waals surface area contributed by atoms with Crippen molar-refractivity contribution in [1.82, 2.24) is 9.55 Å². The van der Waals surface area contributed by atoms with Gasteiger partial charge in [-0.1, -0.05) is 15.9 Å². The molecule has 84 valence electrons. The summed E-state index contributed by atoms with van der Waals surface area (Å²) in [5.41, 5.74) is 2.67. The zero-order chi connectivity index (χ0) is 11.8. The SMILES string of the molecule is N#Cc1cc(Br)ccc1-n1cnc(C2CC2)c1. The monoisotopic (exact) mass is 287 g/mol. The molecule has 0 amide bonds. The molecule has 17 heavy (non-hydrogen) atoms. The average molecular weight is 288 g/mol. The first-order valence-corrected chi connectivity index (χ1v) is 6.31. The van der Waals surface area contributed by atoms with Gasteiger partial charge < -0.3 is 4.57 Å². The van der Waals surface area contributed by atoms with E-state index in [1.165, 1.54) is 12.8 Å². The molecule has 1 aliphatic rings. The largest absolute Gasteiger partial charge is 0.305 e. The first kappa shape index (κ1) is 10.5. The molecule has 0 radical (unpaired) electrons. The van der Waals surface area contributed by atoms with Crippen molar-refractivity contribution >= 4 is 15.9 Å². The molecule has 0 aliphatic heterocycles. The summed E-state index contributed by atoms with van der Waals surface area (Å²) >= 11 is 3.37. The first-order chi connectivity index (χ1) is 8.28. The van der Waals surface area contributed by atoms with Crippen molar-refractivity contribution < 1.29 is 0 Å². The second-order valence-electron chi connectivity index (χ2n) is 4.25. The lowest BCUT2D eigenvalue weighted by Crippen LogP contribution is -1.94. The molecule has 3 nitrogen and oxygen atoms in total. The summed E-state index contributed by atoms with van der Waals surface area (Å²) in [6, 6.07) is 7.90. The van der Waals surface area contributed by atoms with Gasteiger partial charge in [0.15, 0.2) is 0 Å². The number of rotatable bonds is 2. The minimum Gasteiger partial charge on any atom is -0.305 e. The van der Waals surface area contributed by atoms with Crippen molar-refractivity contribution in [2.75, 3.05) is 0 Å². The molecule has 1 aromatic carbocycles. The highest BCUT2D eigenvalue weighted by molar-refractivity contribution is 9.10. The van der Waals surface area contributed by atoms with E-state index in [1.807, 2.05) is 29.0 Å². The van der Waals surface area contributed by atoms with E-state index in [4.69, 9.17) is 5.26 Å². The number of aromatic nitrogens is 2. The highest BCUT2D eigenvalue weighted by Gasteiger charge is 2.25. The van der Waals surface area contributed by atoms with Gasteiger partial charge in [0.2, 0.25) is 0 Å². The van der Waals surface area contributed by atoms with E-state index in [9.17, 15) is 0 Å². The van der Waals surface area contributed by atoms with E-state index in [1.54, 1.807) is 6.33 Å². The number of nitriles is 1. The van der Waals surface area contributed by atoms with E-state index in [0.29, 0.717) is 11.5 Å². The maximum Gasteiger partial charge on any atom is 0.101 e. The Balaban J connectivity index is 2.04. The Bertz CT molecular complexity index is 605. The second kappa shape index (κ2) is 4.01. The van der Waals surface area contributed by atoms with Crippen LogP contribution in [0.4, 0.5) is 0 Å². The van der Waals surface area contributed by atoms with Gasteiger partial charge in [0.1, 0.15) is 6.07 Å². The van der Waals surface area contributed by atoms with Crippen molar-refractivity contribution in [2.24, 2.45) is 0 Å². The van der Waals surface area contributed by atoms with Crippen molar-refractivity contribution in [3.63, 3.8) is 0 Å². The minimum atomic E-state index is 0.636. The van der Waals surface area contributed by atoms with Gasteiger partial charge in [-0.05, 0) is 31.0 Å². The molecule has 1 aromatic heterocycles. The van der Waals surface area contributed by atoms with Gasteiger partial charge in [-0.15, -0.1) is 0 Å². The van der Waals surface area contributed by atoms with Crippen LogP contribution in [-0.4, -0.2) is 9.55 Å². The van der Waals surface area contributed by atoms with Crippen molar-refractivity contribution in [1.29, 1.82) is 5.26 Å². The summed E-state index contributed by atoms with van der Waals surface area (Å²) in [4.78, 5) is 4.39. The number of halogens is 1. The van der Waals surface area contributed by atoms with Gasteiger partial charge in [-0.3, -0.25) is 0 Å². The van der Waals surface area contributed by atoms with Crippen LogP contribution in [0.2, 0.25) is 0 Å². The van der Waals surface area contributed by atoms with Gasteiger partial charge in [0.05, 0.1) is 23.3 Å². The summed E-state index contributed by atoms with van der Waals surface area (Å²) in [6.45, 7) is 0. The van der Waals surface area contributed by atoms with E-state index < -0.39 is 0 Å². The lowest BCUT2D eigenvalue weighted by molar-refractivity contribution is 1.04. The Morgan fingerprint density at radius 1 is 1.41 bits per heavy atom. The topological polar surface area (TPSA) is 41.6 Å². The Morgan fingerprint density at radius 2 is 2.24 bits per heavy atom. The van der Waals surface area contributed by atoms with Gasteiger partial charge >= 0.3 is 0 Å². The molecule has 3 rings (SSSR count). The fourth-order valence-corrected chi connectivity index (χ4v) is 2.24. The van der Waals surface area contributed by atoms with Crippen molar-refractivity contribution in [3.8, 4) is 11.8 Å². The van der Waals surface area contributed by atoms with Crippen LogP contribution in [0.3, 0.4) is 0 Å². The highest BCUT2D eigenvalue weighted by atomic mass is 79.9. The number of imidazole rings is 1. The molecule has 1 fully saturated rings. The van der Waals surface area contributed by atoms with Gasteiger partial charge in [-0.2, -0.15) is 5.26 Å². The molecule has 2 aromatic rings. The zero-order valence-electron chi connectivity index (χ0n) is 9.10. The van der Waals surface area contributed by atoms with Crippen LogP contribution in [-0.2, 0) is 0 Å². The molecule has 0 atom stereocenters. The predicted octanol–water partition coefficient (Wildman–Crippen LogP) is 3.38. The molecule has 0 N–H and O–H groups in total. The molecule has 0 saturated heterocycles. The number of hydrogen-bond acceptors (Lipinski definition) is 2. The zero-order valence-corrected chi connectivity index (χ0v) is 10.7. The smallest absolute Gasteiger partial charge is 0.101 e. The predicted molar refractivity (Wildman–Crippen MR) is 68.0 cm³/mol. The third-order valence-corrected chi connectivity index (χ3v) is 3.45. The fourth-order valence-electron chi connectivity index (χ4n) is 1.88. The third kappa shape index (κ3) is 1.98. The molecular formula is C13H10BrN3. The molecule has 1 aliphatic carbocycles. The first-order valence-electron chi connectivity index (χ1n) is 5.52. The Morgan fingerprint density at radius 3 is 2.94 bits per heavy atom. The minimum absolute atomic E-state index is 0.636. The quantitative estimate of drug-likeness (QED) is 0.850. The van der Waals surface area contributed by atoms with Crippen LogP contribution in [0.15, 0.2) is 35.2 Å². The third-order valence-electron chi connectivity index (χ3n) is 2.96. The van der Waals surface area contributed by atoms with Crippen LogP contribution in [0.25, 0.3) is 5.69 Å². The lowest BCUT2D eigenvalue weighted by Gasteiger charge is -2.04. The van der Waals surface area contributed by atoms with Crippen LogP contribution in [0.5, 0.6) is 0 Å². The fraction of sp³-hybridized carbons (Fsp3) is 0.231. The van der Waals surface area contributed by atoms with E-state index in [0.717, 1.165) is 15.9 Å². The molecule has 0 bridgehead atoms. The number of hydrogen-bond donors (Lipinski definition) is 0. The standard InChI is InChI=1S/C13H10BrN3/c14-11-3-4-13(10(5-11)6-15)17-7-12(16-8-17)9-1-2-9/h3-5,7-9H,1-2H2. The second-order valence-corrected chi connectivity index (χ2v) is 5.17. The summed E-state index contributed by atoms with van der Waals surface area (Å²) in [7, 11) is 0. The highest BCUT2D eigenvalue weighted by Crippen LogP contribution is 2.39. The summed E-state index contributed by atoms with van der Waals surface area (Å²) in [5, 5.41) is 9.13. The van der Waals surface area contributed by atoms with Crippen molar-refractivity contribution in [3.05, 3.63) is 46.5 Å².